The van der Waals surface area contributed by atoms with Crippen molar-refractivity contribution in [3.05, 3.63) is 89.1 Å². The quantitative estimate of drug-likeness (QED) is 0.261. The number of nitrogens with one attached hydrogen (secondary N) is 4. The first-order valence-electron chi connectivity index (χ1n) is 14.6. The van der Waals surface area contributed by atoms with E-state index in [0.717, 1.165) is 67.2 Å². The number of carboxylic acid groups (broad SMARTS) is 2. The van der Waals surface area contributed by atoms with Crippen LogP contribution >= 0.6 is 0 Å². The van der Waals surface area contributed by atoms with Gasteiger partial charge in [-0.15, -0.1) is 0 Å². The molecule has 8 heteroatoms. The van der Waals surface area contributed by atoms with E-state index in [1.807, 2.05) is 19.9 Å². The molecular weight excluding hydrogens is 528 g/mol. The van der Waals surface area contributed by atoms with E-state index < -0.39 is 11.9 Å². The second kappa shape index (κ2) is 11.4. The van der Waals surface area contributed by atoms with Crippen LogP contribution in [-0.2, 0) is 28.9 Å². The molecule has 0 amide bonds. The highest BCUT2D eigenvalue weighted by Crippen LogP contribution is 2.27. The van der Waals surface area contributed by atoms with Crippen molar-refractivity contribution in [2.75, 3.05) is 0 Å². The van der Waals surface area contributed by atoms with Crippen LogP contribution in [0, 0.1) is 20.8 Å². The standard InChI is InChI=1S/C34H40N4O4/c1-7-21-17(3)25-13-26-19(5)23(9-11-33(39)40)31(37-26)16-32-24(10-12-34(41)42)20(6)28(38-32)15-30-22(8-2)18(4)27(36-30)14-29(21)35-25/h8,13-16,30,35-38H,7,9-12H2,1-6H3,(H,39,40)(H,41,42)/b22-8+,25-13-,28-15-,29-14-,32-16-. The lowest BCUT2D eigenvalue weighted by molar-refractivity contribution is -0.138. The third-order valence-corrected chi connectivity index (χ3v) is 8.88. The van der Waals surface area contributed by atoms with E-state index in [1.54, 1.807) is 0 Å². The van der Waals surface area contributed by atoms with Crippen molar-refractivity contribution in [1.29, 1.82) is 0 Å². The number of allylic oxidation sites excluding steroid dienone is 2. The van der Waals surface area contributed by atoms with Crippen LogP contribution in [0.15, 0.2) is 22.9 Å². The molecular formula is C34H40N4O4. The van der Waals surface area contributed by atoms with Crippen LogP contribution in [0.3, 0.4) is 0 Å². The van der Waals surface area contributed by atoms with E-state index in [4.69, 9.17) is 0 Å². The average molecular weight is 569 g/mol. The summed E-state index contributed by atoms with van der Waals surface area (Å²) in [4.78, 5) is 33.9. The Morgan fingerprint density at radius 2 is 1.36 bits per heavy atom. The highest BCUT2D eigenvalue weighted by molar-refractivity contribution is 5.70. The first kappa shape index (κ1) is 29.0. The Kier molecular flexibility index (Phi) is 7.91. The van der Waals surface area contributed by atoms with Gasteiger partial charge in [0.15, 0.2) is 0 Å². The summed E-state index contributed by atoms with van der Waals surface area (Å²) in [7, 11) is 0. The number of aromatic nitrogens is 3. The SMILES string of the molecule is C/C=C1C(C)=C2/C=c3\[nH]/c(c(C)c3CC)=C\c3[nH]c(c(CCC(=O)O)c3C)/C=c3\[nH]/c(c(C)c3CCC(=O)O)=C\C\1N2. The van der Waals surface area contributed by atoms with Gasteiger partial charge in [-0.2, -0.15) is 0 Å². The molecule has 8 nitrogen and oxygen atoms in total. The normalized spacial score (nSPS) is 20.1. The van der Waals surface area contributed by atoms with Crippen molar-refractivity contribution in [1.82, 2.24) is 20.3 Å². The van der Waals surface area contributed by atoms with E-state index in [-0.39, 0.29) is 18.9 Å². The molecule has 0 radical (unpaired) electrons. The van der Waals surface area contributed by atoms with Gasteiger partial charge in [-0.25, -0.2) is 0 Å². The molecule has 0 aliphatic carbocycles. The molecule has 2 aliphatic rings. The fraction of sp³-hybridized carbons (Fsp3) is 0.353. The molecule has 0 saturated carbocycles. The zero-order valence-corrected chi connectivity index (χ0v) is 25.2. The summed E-state index contributed by atoms with van der Waals surface area (Å²) in [5, 5.41) is 26.5. The fourth-order valence-electron chi connectivity index (χ4n) is 6.44. The van der Waals surface area contributed by atoms with Gasteiger partial charge in [-0.3, -0.25) is 9.59 Å². The van der Waals surface area contributed by atoms with E-state index in [0.29, 0.717) is 12.8 Å². The van der Waals surface area contributed by atoms with Gasteiger partial charge in [-0.1, -0.05) is 13.0 Å². The van der Waals surface area contributed by atoms with Gasteiger partial charge >= 0.3 is 11.9 Å². The Labute approximate surface area is 245 Å². The summed E-state index contributed by atoms with van der Waals surface area (Å²) in [6, 6.07) is -0.0516. The van der Waals surface area contributed by atoms with E-state index in [2.05, 4.69) is 72.3 Å². The Bertz CT molecular complexity index is 1910. The zero-order valence-electron chi connectivity index (χ0n) is 25.2. The lowest BCUT2D eigenvalue weighted by Crippen LogP contribution is -2.26. The number of carbonyl (C=O) groups is 2. The number of hydrogen-bond donors (Lipinski definition) is 6. The van der Waals surface area contributed by atoms with Crippen LogP contribution in [0.25, 0.3) is 24.3 Å². The van der Waals surface area contributed by atoms with Gasteiger partial charge in [0.2, 0.25) is 0 Å². The largest absolute Gasteiger partial charge is 0.481 e. The van der Waals surface area contributed by atoms with Gasteiger partial charge in [-0.05, 0) is 123 Å². The highest BCUT2D eigenvalue weighted by Gasteiger charge is 2.24. The van der Waals surface area contributed by atoms with Crippen LogP contribution in [0.4, 0.5) is 0 Å². The minimum Gasteiger partial charge on any atom is -0.481 e. The van der Waals surface area contributed by atoms with Crippen LogP contribution in [0.2, 0.25) is 0 Å². The van der Waals surface area contributed by atoms with Gasteiger partial charge in [0.25, 0.3) is 0 Å². The Hall–Kier alpha value is -4.46. The summed E-state index contributed by atoms with van der Waals surface area (Å²) in [5.74, 6) is -1.69. The first-order chi connectivity index (χ1) is 20.0. The lowest BCUT2D eigenvalue weighted by atomic mass is 10.0. The molecule has 5 rings (SSSR count). The van der Waals surface area contributed by atoms with E-state index in [9.17, 15) is 19.8 Å². The summed E-state index contributed by atoms with van der Waals surface area (Å²) in [6.07, 6.45) is 12.3. The molecule has 0 fully saturated rings. The lowest BCUT2D eigenvalue weighted by Gasteiger charge is -2.09. The Morgan fingerprint density at radius 1 is 0.762 bits per heavy atom. The highest BCUT2D eigenvalue weighted by atomic mass is 16.4. The summed E-state index contributed by atoms with van der Waals surface area (Å²) >= 11 is 0. The van der Waals surface area contributed by atoms with Crippen molar-refractivity contribution in [2.45, 2.75) is 79.7 Å². The van der Waals surface area contributed by atoms with Gasteiger partial charge in [0.05, 0.1) is 6.04 Å². The number of hydrogen-bond acceptors (Lipinski definition) is 3. The maximum Gasteiger partial charge on any atom is 0.303 e. The second-order valence-electron chi connectivity index (χ2n) is 11.3. The average Bonchev–Trinajstić information content (AvgIpc) is 3.59. The minimum absolute atomic E-state index is 0.0161. The summed E-state index contributed by atoms with van der Waals surface area (Å²) in [6.45, 7) is 12.6. The number of carboxylic acids is 2. The summed E-state index contributed by atoms with van der Waals surface area (Å²) < 4.78 is 0. The maximum atomic E-state index is 11.6. The molecule has 0 aromatic carbocycles. The second-order valence-corrected chi connectivity index (χ2v) is 11.3. The van der Waals surface area contributed by atoms with Crippen LogP contribution < -0.4 is 26.7 Å². The van der Waals surface area contributed by atoms with Crippen molar-refractivity contribution in [3.63, 3.8) is 0 Å². The molecule has 220 valence electrons. The van der Waals surface area contributed by atoms with Gasteiger partial charge in [0.1, 0.15) is 0 Å². The third-order valence-electron chi connectivity index (χ3n) is 8.88. The van der Waals surface area contributed by atoms with Gasteiger partial charge in [0, 0.05) is 51.3 Å². The predicted octanol–water partition coefficient (Wildman–Crippen LogP) is 2.62. The number of H-pyrrole nitrogens is 3. The van der Waals surface area contributed by atoms with Crippen molar-refractivity contribution >= 4 is 36.2 Å². The topological polar surface area (TPSA) is 134 Å². The van der Waals surface area contributed by atoms with Crippen LogP contribution in [0.1, 0.15) is 78.4 Å². The molecule has 3 aromatic heterocycles. The molecule has 2 aliphatic heterocycles. The van der Waals surface area contributed by atoms with Crippen LogP contribution in [-0.4, -0.2) is 43.1 Å². The number of rotatable bonds is 7. The number of fused-ring (bicyclic) bond motifs is 8. The molecule has 42 heavy (non-hydrogen) atoms. The zero-order chi connectivity index (χ0) is 30.3. The maximum absolute atomic E-state index is 11.6. The fourth-order valence-corrected chi connectivity index (χ4v) is 6.44. The molecule has 8 bridgehead atoms. The monoisotopic (exact) mass is 568 g/mol. The molecule has 1 atom stereocenters. The van der Waals surface area contributed by atoms with E-state index >= 15 is 0 Å². The Balaban J connectivity index is 1.87. The smallest absolute Gasteiger partial charge is 0.303 e. The summed E-state index contributed by atoms with van der Waals surface area (Å²) in [5.41, 5.74) is 11.6. The molecule has 3 aromatic rings. The minimum atomic E-state index is -0.847. The predicted molar refractivity (Wildman–Crippen MR) is 166 cm³/mol. The Morgan fingerprint density at radius 3 is 2.00 bits per heavy atom. The van der Waals surface area contributed by atoms with Crippen molar-refractivity contribution in [2.24, 2.45) is 0 Å². The number of aromatic amines is 3. The molecule has 0 saturated heterocycles. The first-order valence-corrected chi connectivity index (χ1v) is 14.6. The van der Waals surface area contributed by atoms with Gasteiger partial charge < -0.3 is 30.5 Å². The molecule has 5 heterocycles. The number of aliphatic carboxylic acids is 2. The van der Waals surface area contributed by atoms with E-state index in [1.165, 1.54) is 22.3 Å². The third kappa shape index (κ3) is 5.29. The molecule has 0 spiro atoms. The van der Waals surface area contributed by atoms with Crippen molar-refractivity contribution < 1.29 is 19.8 Å². The molecule has 1 unspecified atom stereocenters. The molecule has 6 N–H and O–H groups in total. The van der Waals surface area contributed by atoms with Crippen molar-refractivity contribution in [3.8, 4) is 0 Å². The van der Waals surface area contributed by atoms with Crippen LogP contribution in [0.5, 0.6) is 0 Å².